The normalized spacial score (nSPS) is 13.5. The van der Waals surface area contributed by atoms with Gasteiger partial charge >= 0.3 is 0 Å². The molecule has 2 heterocycles. The molecule has 21 heavy (non-hydrogen) atoms. The van der Waals surface area contributed by atoms with Gasteiger partial charge in [0, 0.05) is 30.2 Å². The third kappa shape index (κ3) is 2.98. The molecule has 0 saturated carbocycles. The summed E-state index contributed by atoms with van der Waals surface area (Å²) in [6, 6.07) is 2.26. The molecule has 1 N–H and O–H groups in total. The summed E-state index contributed by atoms with van der Waals surface area (Å²) in [5.74, 6) is -0.0567. The Hall–Kier alpha value is -2.13. The van der Waals surface area contributed by atoms with Gasteiger partial charge in [0.2, 0.25) is 5.91 Å². The standard InChI is InChI=1S/C15H16N4OS/c16-9-12-11-3-1-2-4-13(11)21-15(12)18-14(20)5-7-19-8-6-17-10-19/h6,8,10H,1-5,7H2,(H,18,20). The molecule has 3 rings (SSSR count). The molecule has 0 unspecified atom stereocenters. The summed E-state index contributed by atoms with van der Waals surface area (Å²) in [6.45, 7) is 0.596. The summed E-state index contributed by atoms with van der Waals surface area (Å²) < 4.78 is 1.87. The van der Waals surface area contributed by atoms with Crippen LogP contribution in [-0.2, 0) is 24.2 Å². The quantitative estimate of drug-likeness (QED) is 0.943. The lowest BCUT2D eigenvalue weighted by Crippen LogP contribution is -2.14. The first-order chi connectivity index (χ1) is 10.3. The van der Waals surface area contributed by atoms with Gasteiger partial charge in [-0.15, -0.1) is 11.3 Å². The molecule has 0 aromatic carbocycles. The van der Waals surface area contributed by atoms with Crippen molar-refractivity contribution in [3.05, 3.63) is 34.7 Å². The monoisotopic (exact) mass is 300 g/mol. The van der Waals surface area contributed by atoms with Gasteiger partial charge in [0.1, 0.15) is 11.1 Å². The Morgan fingerprint density at radius 2 is 2.33 bits per heavy atom. The largest absolute Gasteiger partial charge is 0.337 e. The highest BCUT2D eigenvalue weighted by Crippen LogP contribution is 2.37. The smallest absolute Gasteiger partial charge is 0.226 e. The summed E-state index contributed by atoms with van der Waals surface area (Å²) in [5, 5.41) is 13.0. The molecule has 1 aliphatic carbocycles. The maximum atomic E-state index is 12.0. The van der Waals surface area contributed by atoms with E-state index in [4.69, 9.17) is 0 Å². The zero-order valence-corrected chi connectivity index (χ0v) is 12.4. The van der Waals surface area contributed by atoms with Crippen molar-refractivity contribution >= 4 is 22.2 Å². The second kappa shape index (κ2) is 6.10. The highest BCUT2D eigenvalue weighted by atomic mass is 32.1. The van der Waals surface area contributed by atoms with E-state index in [9.17, 15) is 10.1 Å². The number of amides is 1. The second-order valence-electron chi connectivity index (χ2n) is 5.13. The Morgan fingerprint density at radius 3 is 3.10 bits per heavy atom. The van der Waals surface area contributed by atoms with Crippen molar-refractivity contribution in [2.24, 2.45) is 0 Å². The summed E-state index contributed by atoms with van der Waals surface area (Å²) in [6.07, 6.45) is 9.89. The van der Waals surface area contributed by atoms with Crippen LogP contribution < -0.4 is 5.32 Å². The van der Waals surface area contributed by atoms with Crippen LogP contribution in [0.4, 0.5) is 5.00 Å². The average molecular weight is 300 g/mol. The van der Waals surface area contributed by atoms with Crippen LogP contribution >= 0.6 is 11.3 Å². The predicted molar refractivity (Wildman–Crippen MR) is 81.1 cm³/mol. The van der Waals surface area contributed by atoms with E-state index < -0.39 is 0 Å². The van der Waals surface area contributed by atoms with E-state index in [1.807, 2.05) is 10.8 Å². The molecule has 0 saturated heterocycles. The van der Waals surface area contributed by atoms with E-state index in [2.05, 4.69) is 16.4 Å². The molecule has 1 amide bonds. The van der Waals surface area contributed by atoms with Crippen LogP contribution in [0.2, 0.25) is 0 Å². The van der Waals surface area contributed by atoms with Gasteiger partial charge in [-0.3, -0.25) is 4.79 Å². The Kier molecular flexibility index (Phi) is 4.02. The molecular weight excluding hydrogens is 284 g/mol. The van der Waals surface area contributed by atoms with Gasteiger partial charge in [-0.1, -0.05) is 0 Å². The van der Waals surface area contributed by atoms with Crippen molar-refractivity contribution in [1.82, 2.24) is 9.55 Å². The van der Waals surface area contributed by atoms with E-state index in [1.165, 1.54) is 11.3 Å². The maximum absolute atomic E-state index is 12.0. The highest BCUT2D eigenvalue weighted by molar-refractivity contribution is 7.16. The minimum atomic E-state index is -0.0567. The molecule has 0 spiro atoms. The molecule has 1 aliphatic rings. The highest BCUT2D eigenvalue weighted by Gasteiger charge is 2.21. The van der Waals surface area contributed by atoms with Crippen molar-refractivity contribution in [1.29, 1.82) is 5.26 Å². The van der Waals surface area contributed by atoms with Crippen LogP contribution in [0.1, 0.15) is 35.3 Å². The zero-order chi connectivity index (χ0) is 14.7. The van der Waals surface area contributed by atoms with Crippen molar-refractivity contribution in [3.8, 4) is 6.07 Å². The molecule has 6 heteroatoms. The van der Waals surface area contributed by atoms with Gasteiger partial charge < -0.3 is 9.88 Å². The lowest BCUT2D eigenvalue weighted by Gasteiger charge is -2.09. The number of anilines is 1. The molecule has 5 nitrogen and oxygen atoms in total. The van der Waals surface area contributed by atoms with Crippen LogP contribution in [-0.4, -0.2) is 15.5 Å². The molecule has 2 aromatic heterocycles. The van der Waals surface area contributed by atoms with E-state index in [1.54, 1.807) is 23.9 Å². The van der Waals surface area contributed by atoms with Crippen molar-refractivity contribution in [2.45, 2.75) is 38.6 Å². The van der Waals surface area contributed by atoms with Crippen LogP contribution in [0.3, 0.4) is 0 Å². The van der Waals surface area contributed by atoms with E-state index in [-0.39, 0.29) is 5.91 Å². The van der Waals surface area contributed by atoms with E-state index in [0.717, 1.165) is 29.8 Å². The Labute approximate surface area is 127 Å². The molecule has 2 aromatic rings. The number of aromatic nitrogens is 2. The molecule has 0 bridgehead atoms. The minimum absolute atomic E-state index is 0.0567. The van der Waals surface area contributed by atoms with Gasteiger partial charge in [-0.05, 0) is 31.2 Å². The predicted octanol–water partition coefficient (Wildman–Crippen LogP) is 2.72. The average Bonchev–Trinajstić information content (AvgIpc) is 3.12. The van der Waals surface area contributed by atoms with Crippen molar-refractivity contribution in [3.63, 3.8) is 0 Å². The SMILES string of the molecule is N#Cc1c(NC(=O)CCn2ccnc2)sc2c1CCCC2. The van der Waals surface area contributed by atoms with Crippen LogP contribution in [0.25, 0.3) is 0 Å². The fourth-order valence-corrected chi connectivity index (χ4v) is 3.87. The third-order valence-corrected chi connectivity index (χ3v) is 4.90. The Morgan fingerprint density at radius 1 is 1.48 bits per heavy atom. The number of carbonyl (C=O) groups is 1. The zero-order valence-electron chi connectivity index (χ0n) is 11.6. The van der Waals surface area contributed by atoms with E-state index >= 15 is 0 Å². The van der Waals surface area contributed by atoms with Crippen molar-refractivity contribution < 1.29 is 4.79 Å². The van der Waals surface area contributed by atoms with Crippen LogP contribution in [0, 0.1) is 11.3 Å². The molecule has 108 valence electrons. The Balaban J connectivity index is 1.68. The summed E-state index contributed by atoms with van der Waals surface area (Å²) in [4.78, 5) is 17.3. The summed E-state index contributed by atoms with van der Waals surface area (Å²) in [5.41, 5.74) is 1.82. The molecule has 0 radical (unpaired) electrons. The van der Waals surface area contributed by atoms with Gasteiger partial charge in [-0.2, -0.15) is 5.26 Å². The number of nitriles is 1. The van der Waals surface area contributed by atoms with Crippen LogP contribution in [0.5, 0.6) is 0 Å². The molecular formula is C15H16N4OS. The molecule has 0 atom stereocenters. The van der Waals surface area contributed by atoms with Crippen LogP contribution in [0.15, 0.2) is 18.7 Å². The third-order valence-electron chi connectivity index (χ3n) is 3.69. The van der Waals surface area contributed by atoms with Gasteiger partial charge in [0.05, 0.1) is 11.9 Å². The lowest BCUT2D eigenvalue weighted by atomic mass is 9.96. The van der Waals surface area contributed by atoms with Crippen molar-refractivity contribution in [2.75, 3.05) is 5.32 Å². The van der Waals surface area contributed by atoms with Gasteiger partial charge in [-0.25, -0.2) is 4.98 Å². The number of rotatable bonds is 4. The van der Waals surface area contributed by atoms with Gasteiger partial charge in [0.15, 0.2) is 0 Å². The number of carbonyl (C=O) groups excluding carboxylic acids is 1. The molecule has 0 aliphatic heterocycles. The Bertz CT molecular complexity index is 681. The fourth-order valence-electron chi connectivity index (χ4n) is 2.61. The van der Waals surface area contributed by atoms with E-state index in [0.29, 0.717) is 18.5 Å². The topological polar surface area (TPSA) is 70.7 Å². The first kappa shape index (κ1) is 13.8. The lowest BCUT2D eigenvalue weighted by molar-refractivity contribution is -0.116. The molecule has 0 fully saturated rings. The minimum Gasteiger partial charge on any atom is -0.337 e. The number of hydrogen-bond acceptors (Lipinski definition) is 4. The number of imidazole rings is 1. The number of thiophene rings is 1. The number of nitrogens with one attached hydrogen (secondary N) is 1. The van der Waals surface area contributed by atoms with Gasteiger partial charge in [0.25, 0.3) is 0 Å². The summed E-state index contributed by atoms with van der Waals surface area (Å²) >= 11 is 1.56. The summed E-state index contributed by atoms with van der Waals surface area (Å²) in [7, 11) is 0. The number of nitrogens with zero attached hydrogens (tertiary/aromatic N) is 3. The first-order valence-corrected chi connectivity index (χ1v) is 7.90. The fraction of sp³-hybridized carbons (Fsp3) is 0.400. The first-order valence-electron chi connectivity index (χ1n) is 7.08. The number of hydrogen-bond donors (Lipinski definition) is 1. The number of aryl methyl sites for hydroxylation is 2. The second-order valence-corrected chi connectivity index (χ2v) is 6.23. The maximum Gasteiger partial charge on any atom is 0.226 e. The number of fused-ring (bicyclic) bond motifs is 1.